The van der Waals surface area contributed by atoms with Gasteiger partial charge in [-0.15, -0.1) is 0 Å². The van der Waals surface area contributed by atoms with Crippen LogP contribution >= 0.6 is 31.9 Å². The first-order valence-electron chi connectivity index (χ1n) is 7.06. The molecular formula is C17H17Br2NO. The summed E-state index contributed by atoms with van der Waals surface area (Å²) in [4.78, 5) is 0. The number of halogens is 2. The molecule has 0 radical (unpaired) electrons. The molecule has 0 aromatic heterocycles. The first-order chi connectivity index (χ1) is 10.2. The predicted octanol–water partition coefficient (Wildman–Crippen LogP) is 5.06. The summed E-state index contributed by atoms with van der Waals surface area (Å²) in [6.07, 6.45) is 2.81. The van der Waals surface area contributed by atoms with Crippen molar-refractivity contribution in [1.82, 2.24) is 5.32 Å². The van der Waals surface area contributed by atoms with Crippen molar-refractivity contribution in [2.45, 2.75) is 25.0 Å². The lowest BCUT2D eigenvalue weighted by molar-refractivity contribution is 0.303. The second kappa shape index (κ2) is 6.51. The highest BCUT2D eigenvalue weighted by atomic mass is 79.9. The summed E-state index contributed by atoms with van der Waals surface area (Å²) >= 11 is 7.18. The summed E-state index contributed by atoms with van der Waals surface area (Å²) in [5, 5.41) is 3.38. The molecule has 0 aliphatic heterocycles. The highest BCUT2D eigenvalue weighted by Gasteiger charge is 2.23. The van der Waals surface area contributed by atoms with Crippen molar-refractivity contribution in [1.29, 1.82) is 0 Å². The lowest BCUT2D eigenvalue weighted by atomic mass is 9.99. The number of hydrogen-bond donors (Lipinski definition) is 1. The monoisotopic (exact) mass is 409 g/mol. The second-order valence-corrected chi connectivity index (χ2v) is 7.04. The van der Waals surface area contributed by atoms with E-state index in [1.807, 2.05) is 13.1 Å². The first-order valence-corrected chi connectivity index (χ1v) is 8.65. The van der Waals surface area contributed by atoms with Crippen molar-refractivity contribution >= 4 is 31.9 Å². The molecule has 3 rings (SSSR count). The summed E-state index contributed by atoms with van der Waals surface area (Å²) in [6.45, 7) is 0. The molecule has 21 heavy (non-hydrogen) atoms. The van der Waals surface area contributed by atoms with E-state index < -0.39 is 0 Å². The van der Waals surface area contributed by atoms with Gasteiger partial charge in [-0.3, -0.25) is 0 Å². The molecule has 1 aliphatic rings. The second-order valence-electron chi connectivity index (χ2n) is 5.27. The standard InChI is InChI=1S/C17H17Br2NO/c1-20-17(15-10-12(18)4-9-16(15)19)11-2-5-13(6-3-11)21-14-7-8-14/h2-6,9-10,14,17,20H,7-8H2,1H3. The fraction of sp³-hybridized carbons (Fsp3) is 0.294. The van der Waals surface area contributed by atoms with Crippen LogP contribution < -0.4 is 10.1 Å². The van der Waals surface area contributed by atoms with Crippen LogP contribution in [0, 0.1) is 0 Å². The minimum Gasteiger partial charge on any atom is -0.490 e. The Balaban J connectivity index is 1.86. The van der Waals surface area contributed by atoms with Gasteiger partial charge in [-0.05, 0) is 61.3 Å². The van der Waals surface area contributed by atoms with Gasteiger partial charge in [-0.1, -0.05) is 44.0 Å². The quantitative estimate of drug-likeness (QED) is 0.743. The van der Waals surface area contributed by atoms with E-state index >= 15 is 0 Å². The maximum atomic E-state index is 5.81. The average Bonchev–Trinajstić information content (AvgIpc) is 3.29. The zero-order valence-electron chi connectivity index (χ0n) is 11.8. The summed E-state index contributed by atoms with van der Waals surface area (Å²) in [7, 11) is 1.98. The number of rotatable bonds is 5. The molecule has 1 fully saturated rings. The Kier molecular flexibility index (Phi) is 4.67. The Morgan fingerprint density at radius 3 is 2.43 bits per heavy atom. The summed E-state index contributed by atoms with van der Waals surface area (Å²) < 4.78 is 7.98. The van der Waals surface area contributed by atoms with Crippen molar-refractivity contribution in [2.75, 3.05) is 7.05 Å². The van der Waals surface area contributed by atoms with Crippen LogP contribution in [0.2, 0.25) is 0 Å². The van der Waals surface area contributed by atoms with Crippen molar-refractivity contribution in [3.8, 4) is 5.75 Å². The fourth-order valence-corrected chi connectivity index (χ4v) is 3.21. The lowest BCUT2D eigenvalue weighted by Crippen LogP contribution is -2.18. The van der Waals surface area contributed by atoms with Gasteiger partial charge in [-0.25, -0.2) is 0 Å². The molecule has 1 atom stereocenters. The van der Waals surface area contributed by atoms with Crippen LogP contribution in [-0.2, 0) is 0 Å². The molecule has 1 saturated carbocycles. The Hall–Kier alpha value is -0.840. The van der Waals surface area contributed by atoms with Crippen LogP contribution in [0.25, 0.3) is 0 Å². The van der Waals surface area contributed by atoms with Gasteiger partial charge < -0.3 is 10.1 Å². The minimum absolute atomic E-state index is 0.145. The molecule has 0 bridgehead atoms. The average molecular weight is 411 g/mol. The van der Waals surface area contributed by atoms with Crippen molar-refractivity contribution < 1.29 is 4.74 Å². The third-order valence-electron chi connectivity index (χ3n) is 3.60. The SMILES string of the molecule is CNC(c1ccc(OC2CC2)cc1)c1cc(Br)ccc1Br. The van der Waals surface area contributed by atoms with Gasteiger partial charge in [0.2, 0.25) is 0 Å². The van der Waals surface area contributed by atoms with Crippen LogP contribution in [0.3, 0.4) is 0 Å². The van der Waals surface area contributed by atoms with Crippen molar-refractivity contribution in [3.05, 3.63) is 62.5 Å². The Labute approximate surface area is 142 Å². The van der Waals surface area contributed by atoms with E-state index in [4.69, 9.17) is 4.74 Å². The van der Waals surface area contributed by atoms with Gasteiger partial charge in [0.1, 0.15) is 5.75 Å². The van der Waals surface area contributed by atoms with Gasteiger partial charge in [0.15, 0.2) is 0 Å². The Morgan fingerprint density at radius 1 is 1.10 bits per heavy atom. The van der Waals surface area contributed by atoms with Crippen molar-refractivity contribution in [3.63, 3.8) is 0 Å². The normalized spacial score (nSPS) is 15.8. The molecule has 0 heterocycles. The smallest absolute Gasteiger partial charge is 0.119 e. The largest absolute Gasteiger partial charge is 0.490 e. The van der Waals surface area contributed by atoms with Crippen LogP contribution in [0.4, 0.5) is 0 Å². The molecule has 0 saturated heterocycles. The van der Waals surface area contributed by atoms with Gasteiger partial charge in [0.25, 0.3) is 0 Å². The topological polar surface area (TPSA) is 21.3 Å². The van der Waals surface area contributed by atoms with E-state index in [0.29, 0.717) is 6.10 Å². The molecule has 1 aliphatic carbocycles. The van der Waals surface area contributed by atoms with Gasteiger partial charge in [-0.2, -0.15) is 0 Å². The van der Waals surface area contributed by atoms with E-state index in [0.717, 1.165) is 14.7 Å². The summed E-state index contributed by atoms with van der Waals surface area (Å²) in [6, 6.07) is 14.8. The van der Waals surface area contributed by atoms with Crippen LogP contribution in [0.1, 0.15) is 30.0 Å². The molecule has 1 N–H and O–H groups in total. The van der Waals surface area contributed by atoms with E-state index in [9.17, 15) is 0 Å². The molecule has 0 spiro atoms. The molecule has 4 heteroatoms. The molecule has 0 amide bonds. The zero-order chi connectivity index (χ0) is 14.8. The Morgan fingerprint density at radius 2 is 1.81 bits per heavy atom. The lowest BCUT2D eigenvalue weighted by Gasteiger charge is -2.19. The number of benzene rings is 2. The molecule has 110 valence electrons. The highest BCUT2D eigenvalue weighted by molar-refractivity contribution is 9.11. The first kappa shape index (κ1) is 15.1. The Bertz CT molecular complexity index is 623. The van der Waals surface area contributed by atoms with Crippen LogP contribution in [0.15, 0.2) is 51.4 Å². The van der Waals surface area contributed by atoms with E-state index in [1.54, 1.807) is 0 Å². The van der Waals surface area contributed by atoms with Gasteiger partial charge in [0, 0.05) is 8.95 Å². The molecular weight excluding hydrogens is 394 g/mol. The van der Waals surface area contributed by atoms with Crippen LogP contribution in [-0.4, -0.2) is 13.2 Å². The van der Waals surface area contributed by atoms with Crippen LogP contribution in [0.5, 0.6) is 5.75 Å². The van der Waals surface area contributed by atoms with E-state index in [1.165, 1.54) is 24.0 Å². The van der Waals surface area contributed by atoms with Gasteiger partial charge in [0.05, 0.1) is 12.1 Å². The molecule has 2 aromatic carbocycles. The molecule has 2 nitrogen and oxygen atoms in total. The molecule has 1 unspecified atom stereocenters. The summed E-state index contributed by atoms with van der Waals surface area (Å²) in [5.41, 5.74) is 2.43. The summed E-state index contributed by atoms with van der Waals surface area (Å²) in [5.74, 6) is 0.962. The number of hydrogen-bond acceptors (Lipinski definition) is 2. The maximum absolute atomic E-state index is 5.81. The number of nitrogens with one attached hydrogen (secondary N) is 1. The fourth-order valence-electron chi connectivity index (χ4n) is 2.35. The predicted molar refractivity (Wildman–Crippen MR) is 92.8 cm³/mol. The van der Waals surface area contributed by atoms with E-state index in [-0.39, 0.29) is 6.04 Å². The zero-order valence-corrected chi connectivity index (χ0v) is 14.9. The highest BCUT2D eigenvalue weighted by Crippen LogP contribution is 2.32. The third kappa shape index (κ3) is 3.68. The third-order valence-corrected chi connectivity index (χ3v) is 4.81. The minimum atomic E-state index is 0.145. The molecule has 2 aromatic rings. The van der Waals surface area contributed by atoms with Gasteiger partial charge >= 0.3 is 0 Å². The maximum Gasteiger partial charge on any atom is 0.119 e. The van der Waals surface area contributed by atoms with E-state index in [2.05, 4.69) is 73.6 Å². The van der Waals surface area contributed by atoms with Crippen molar-refractivity contribution in [2.24, 2.45) is 0 Å². The number of ether oxygens (including phenoxy) is 1.